The Hall–Kier alpha value is -2.08. The summed E-state index contributed by atoms with van der Waals surface area (Å²) in [4.78, 5) is 0. The first-order chi connectivity index (χ1) is 13.1. The molecule has 0 aliphatic heterocycles. The molecule has 2 unspecified atom stereocenters. The summed E-state index contributed by atoms with van der Waals surface area (Å²) in [5, 5.41) is 10.8. The van der Waals surface area contributed by atoms with Gasteiger partial charge in [-0.1, -0.05) is 30.3 Å². The third-order valence-corrected chi connectivity index (χ3v) is 4.63. The number of hydrogen-bond acceptors (Lipinski definition) is 5. The van der Waals surface area contributed by atoms with Crippen molar-refractivity contribution in [3.05, 3.63) is 59.2 Å². The number of aryl methyl sites for hydroxylation is 1. The van der Waals surface area contributed by atoms with E-state index in [4.69, 9.17) is 18.9 Å². The molecule has 2 atom stereocenters. The molecule has 0 saturated heterocycles. The van der Waals surface area contributed by atoms with Crippen LogP contribution in [0.4, 0.5) is 0 Å². The van der Waals surface area contributed by atoms with Crippen LogP contribution in [0.5, 0.6) is 11.5 Å². The lowest BCUT2D eigenvalue weighted by atomic mass is 9.97. The maximum atomic E-state index is 10.8. The number of aliphatic hydroxyl groups is 1. The summed E-state index contributed by atoms with van der Waals surface area (Å²) in [6.45, 7) is 2.03. The largest absolute Gasteiger partial charge is 0.496 e. The number of aliphatic hydroxyl groups excluding tert-OH is 1. The summed E-state index contributed by atoms with van der Waals surface area (Å²) >= 11 is 0. The van der Waals surface area contributed by atoms with E-state index in [9.17, 15) is 5.11 Å². The van der Waals surface area contributed by atoms with Crippen LogP contribution in [0.15, 0.2) is 42.5 Å². The molecule has 5 heteroatoms. The van der Waals surface area contributed by atoms with Crippen LogP contribution in [0.1, 0.15) is 35.6 Å². The summed E-state index contributed by atoms with van der Waals surface area (Å²) in [7, 11) is 4.80. The molecule has 27 heavy (non-hydrogen) atoms. The highest BCUT2D eigenvalue weighted by Gasteiger charge is 2.24. The molecule has 2 aromatic carbocycles. The Bertz CT molecular complexity index is 661. The first-order valence-corrected chi connectivity index (χ1v) is 9.15. The molecule has 2 aromatic rings. The molecule has 0 bridgehead atoms. The molecular formula is C22H30O5. The Morgan fingerprint density at radius 3 is 2.15 bits per heavy atom. The van der Waals surface area contributed by atoms with Gasteiger partial charge in [-0.05, 0) is 49.4 Å². The second kappa shape index (κ2) is 10.9. The Morgan fingerprint density at radius 1 is 0.963 bits per heavy atom. The average molecular weight is 374 g/mol. The van der Waals surface area contributed by atoms with E-state index in [2.05, 4.69) is 12.1 Å². The van der Waals surface area contributed by atoms with E-state index < -0.39 is 12.2 Å². The molecule has 0 heterocycles. The van der Waals surface area contributed by atoms with Crippen molar-refractivity contribution in [1.29, 1.82) is 0 Å². The van der Waals surface area contributed by atoms with Gasteiger partial charge in [0, 0.05) is 12.7 Å². The summed E-state index contributed by atoms with van der Waals surface area (Å²) < 4.78 is 21.8. The highest BCUT2D eigenvalue weighted by Crippen LogP contribution is 2.35. The minimum Gasteiger partial charge on any atom is -0.496 e. The number of methoxy groups -OCH3 is 3. The van der Waals surface area contributed by atoms with Gasteiger partial charge < -0.3 is 24.1 Å². The number of hydrogen-bond donors (Lipinski definition) is 1. The molecule has 0 spiro atoms. The normalized spacial score (nSPS) is 13.2. The van der Waals surface area contributed by atoms with Crippen LogP contribution >= 0.6 is 0 Å². The van der Waals surface area contributed by atoms with Crippen molar-refractivity contribution in [2.24, 2.45) is 0 Å². The fraction of sp³-hybridized carbons (Fsp3) is 0.455. The van der Waals surface area contributed by atoms with E-state index in [1.165, 1.54) is 5.56 Å². The van der Waals surface area contributed by atoms with E-state index in [-0.39, 0.29) is 6.79 Å². The van der Waals surface area contributed by atoms with E-state index in [0.29, 0.717) is 17.9 Å². The maximum Gasteiger partial charge on any atom is 0.147 e. The van der Waals surface area contributed by atoms with Gasteiger partial charge in [0.1, 0.15) is 24.4 Å². The molecule has 1 N–H and O–H groups in total. The van der Waals surface area contributed by atoms with Gasteiger partial charge in [0.05, 0.1) is 20.3 Å². The predicted molar refractivity (Wildman–Crippen MR) is 105 cm³/mol. The molecule has 0 aromatic heterocycles. The van der Waals surface area contributed by atoms with Crippen molar-refractivity contribution in [3.8, 4) is 11.5 Å². The Kier molecular flexibility index (Phi) is 8.58. The van der Waals surface area contributed by atoms with Gasteiger partial charge >= 0.3 is 0 Å². The van der Waals surface area contributed by atoms with Crippen LogP contribution in [0, 0.1) is 6.92 Å². The van der Waals surface area contributed by atoms with Crippen LogP contribution in [-0.4, -0.2) is 39.3 Å². The molecule has 5 nitrogen and oxygen atoms in total. The fourth-order valence-corrected chi connectivity index (χ4v) is 3.15. The third-order valence-electron chi connectivity index (χ3n) is 4.63. The topological polar surface area (TPSA) is 57.2 Å². The minimum absolute atomic E-state index is 0.0962. The fourth-order valence-electron chi connectivity index (χ4n) is 3.15. The third kappa shape index (κ3) is 5.96. The van der Waals surface area contributed by atoms with E-state index >= 15 is 0 Å². The minimum atomic E-state index is -0.666. The second-order valence-corrected chi connectivity index (χ2v) is 6.49. The molecule has 2 rings (SSSR count). The predicted octanol–water partition coefficient (Wildman–Crippen LogP) is 4.06. The first kappa shape index (κ1) is 21.2. The summed E-state index contributed by atoms with van der Waals surface area (Å²) in [5.74, 6) is 1.40. The summed E-state index contributed by atoms with van der Waals surface area (Å²) in [6.07, 6.45) is 1.19. The van der Waals surface area contributed by atoms with Gasteiger partial charge in [-0.15, -0.1) is 0 Å². The van der Waals surface area contributed by atoms with Crippen LogP contribution < -0.4 is 9.47 Å². The molecule has 0 radical (unpaired) electrons. The molecule has 0 fully saturated rings. The molecule has 0 aliphatic rings. The molecule has 0 amide bonds. The Balaban J connectivity index is 2.13. The zero-order valence-corrected chi connectivity index (χ0v) is 16.6. The molecule has 0 aliphatic carbocycles. The van der Waals surface area contributed by atoms with Gasteiger partial charge in [-0.25, -0.2) is 0 Å². The van der Waals surface area contributed by atoms with E-state index in [1.54, 1.807) is 21.3 Å². The van der Waals surface area contributed by atoms with E-state index in [1.807, 2.05) is 37.3 Å². The Labute approximate surface area is 161 Å². The highest BCUT2D eigenvalue weighted by molar-refractivity contribution is 5.48. The zero-order chi connectivity index (χ0) is 19.6. The number of benzene rings is 2. The highest BCUT2D eigenvalue weighted by atomic mass is 16.7. The molecule has 148 valence electrons. The van der Waals surface area contributed by atoms with Crippen molar-refractivity contribution in [3.63, 3.8) is 0 Å². The average Bonchev–Trinajstić information content (AvgIpc) is 2.69. The lowest BCUT2D eigenvalue weighted by Gasteiger charge is -2.25. The Morgan fingerprint density at radius 2 is 1.59 bits per heavy atom. The van der Waals surface area contributed by atoms with Crippen LogP contribution in [0.3, 0.4) is 0 Å². The van der Waals surface area contributed by atoms with Crippen LogP contribution in [-0.2, 0) is 15.9 Å². The lowest BCUT2D eigenvalue weighted by molar-refractivity contribution is -0.116. The van der Waals surface area contributed by atoms with Gasteiger partial charge in [-0.3, -0.25) is 0 Å². The van der Waals surface area contributed by atoms with Gasteiger partial charge in [0.25, 0.3) is 0 Å². The van der Waals surface area contributed by atoms with Crippen LogP contribution in [0.2, 0.25) is 0 Å². The summed E-state index contributed by atoms with van der Waals surface area (Å²) in [5.41, 5.74) is 2.98. The number of ether oxygens (including phenoxy) is 4. The van der Waals surface area contributed by atoms with E-state index in [0.717, 1.165) is 24.0 Å². The smallest absolute Gasteiger partial charge is 0.147 e. The quantitative estimate of drug-likeness (QED) is 0.601. The molecular weight excluding hydrogens is 344 g/mol. The van der Waals surface area contributed by atoms with Crippen molar-refractivity contribution in [1.82, 2.24) is 0 Å². The standard InChI is InChI=1S/C22H30O5/c1-16-20(25-3)13-18(14-21(16)26-4)22(27-15-24-2)19(23)12-8-11-17-9-6-5-7-10-17/h5-7,9-10,13-14,19,22-23H,8,11-12,15H2,1-4H3. The van der Waals surface area contributed by atoms with Crippen molar-refractivity contribution in [2.45, 2.75) is 38.4 Å². The molecule has 0 saturated carbocycles. The number of rotatable bonds is 11. The van der Waals surface area contributed by atoms with Crippen molar-refractivity contribution < 1.29 is 24.1 Å². The SMILES string of the molecule is COCOC(c1cc(OC)c(C)c(OC)c1)C(O)CCCc1ccccc1. The first-order valence-electron chi connectivity index (χ1n) is 9.15. The monoisotopic (exact) mass is 374 g/mol. The van der Waals surface area contributed by atoms with Crippen molar-refractivity contribution >= 4 is 0 Å². The zero-order valence-electron chi connectivity index (χ0n) is 16.6. The lowest BCUT2D eigenvalue weighted by Crippen LogP contribution is -2.23. The van der Waals surface area contributed by atoms with Gasteiger partial charge in [-0.2, -0.15) is 0 Å². The van der Waals surface area contributed by atoms with Gasteiger partial charge in [0.15, 0.2) is 0 Å². The van der Waals surface area contributed by atoms with Gasteiger partial charge in [0.2, 0.25) is 0 Å². The summed E-state index contributed by atoms with van der Waals surface area (Å²) in [6, 6.07) is 14.0. The van der Waals surface area contributed by atoms with Crippen molar-refractivity contribution in [2.75, 3.05) is 28.1 Å². The second-order valence-electron chi connectivity index (χ2n) is 6.49. The van der Waals surface area contributed by atoms with Crippen LogP contribution in [0.25, 0.3) is 0 Å². The maximum absolute atomic E-state index is 10.8.